The SMILES string of the molecule is CCOC(=O)CNS(=O)(=O)c1ccc2c(c1)C(=O)C(=O)N2.O=C1Nc2ccc(S(=O)(=O)N3CCCC3CNc3ccccc3)cc2C1=O. The average molecular weight is 698 g/mol. The first kappa shape index (κ1) is 34.4. The summed E-state index contributed by atoms with van der Waals surface area (Å²) in [5, 5.41) is 8.03. The van der Waals surface area contributed by atoms with Gasteiger partial charge < -0.3 is 20.7 Å². The Morgan fingerprint density at radius 3 is 2.04 bits per heavy atom. The first-order valence-electron chi connectivity index (χ1n) is 14.8. The van der Waals surface area contributed by atoms with Crippen LogP contribution in [0.4, 0.5) is 17.1 Å². The lowest BCUT2D eigenvalue weighted by atomic mass is 10.1. The maximum absolute atomic E-state index is 13.1. The third-order valence-electron chi connectivity index (χ3n) is 7.65. The van der Waals surface area contributed by atoms with Gasteiger partial charge in [-0.15, -0.1) is 0 Å². The molecule has 3 aliphatic heterocycles. The number of hydrogen-bond donors (Lipinski definition) is 4. The summed E-state index contributed by atoms with van der Waals surface area (Å²) in [6, 6.07) is 17.3. The number of hydrogen-bond acceptors (Lipinski definition) is 11. The number of amides is 2. The summed E-state index contributed by atoms with van der Waals surface area (Å²) in [7, 11) is -7.73. The smallest absolute Gasteiger partial charge is 0.321 e. The predicted octanol–water partition coefficient (Wildman–Crippen LogP) is 1.75. The van der Waals surface area contributed by atoms with Crippen LogP contribution in [0, 0.1) is 0 Å². The van der Waals surface area contributed by atoms with Crippen LogP contribution in [-0.2, 0) is 39.2 Å². The molecule has 3 aromatic carbocycles. The highest BCUT2D eigenvalue weighted by molar-refractivity contribution is 7.89. The number of benzene rings is 3. The molecule has 0 aliphatic carbocycles. The first-order valence-corrected chi connectivity index (χ1v) is 17.7. The number of para-hydroxylation sites is 1. The van der Waals surface area contributed by atoms with Gasteiger partial charge in [0.05, 0.1) is 38.9 Å². The molecule has 15 nitrogen and oxygen atoms in total. The van der Waals surface area contributed by atoms with E-state index in [0.29, 0.717) is 18.8 Å². The molecule has 0 radical (unpaired) electrons. The van der Waals surface area contributed by atoms with Crippen molar-refractivity contribution in [1.82, 2.24) is 9.03 Å². The van der Waals surface area contributed by atoms with Gasteiger partial charge in [0, 0.05) is 24.8 Å². The second-order valence-corrected chi connectivity index (χ2v) is 14.4. The van der Waals surface area contributed by atoms with Crippen molar-refractivity contribution in [2.75, 3.05) is 42.2 Å². The number of esters is 1. The minimum absolute atomic E-state index is 0.0148. The fraction of sp³-hybridized carbons (Fsp3) is 0.258. The molecule has 0 bridgehead atoms. The number of fused-ring (bicyclic) bond motifs is 2. The minimum atomic E-state index is -3.98. The van der Waals surface area contributed by atoms with Crippen LogP contribution in [0.25, 0.3) is 0 Å². The molecule has 3 heterocycles. The van der Waals surface area contributed by atoms with E-state index in [9.17, 15) is 40.8 Å². The topological polar surface area (TPSA) is 214 Å². The molecule has 3 aromatic rings. The Balaban J connectivity index is 0.000000194. The van der Waals surface area contributed by atoms with E-state index in [4.69, 9.17) is 0 Å². The minimum Gasteiger partial charge on any atom is -0.465 e. The molecule has 1 fully saturated rings. The summed E-state index contributed by atoms with van der Waals surface area (Å²) in [4.78, 5) is 57.1. The van der Waals surface area contributed by atoms with E-state index < -0.39 is 55.9 Å². The van der Waals surface area contributed by atoms with Gasteiger partial charge in [0.15, 0.2) is 0 Å². The molecule has 1 atom stereocenters. The maximum Gasteiger partial charge on any atom is 0.321 e. The molecule has 1 unspecified atom stereocenters. The van der Waals surface area contributed by atoms with E-state index in [1.165, 1.54) is 34.6 Å². The second-order valence-electron chi connectivity index (χ2n) is 10.8. The third-order valence-corrected chi connectivity index (χ3v) is 11.0. The Labute approximate surface area is 276 Å². The Hall–Kier alpha value is -4.97. The molecular weight excluding hydrogens is 666 g/mol. The number of nitrogens with zero attached hydrogens (tertiary/aromatic N) is 1. The van der Waals surface area contributed by atoms with Crippen LogP contribution in [0.1, 0.15) is 40.5 Å². The zero-order valence-electron chi connectivity index (χ0n) is 25.5. The summed E-state index contributed by atoms with van der Waals surface area (Å²) < 4.78 is 58.4. The Morgan fingerprint density at radius 2 is 1.44 bits per heavy atom. The summed E-state index contributed by atoms with van der Waals surface area (Å²) in [5.41, 5.74) is 1.65. The zero-order chi connectivity index (χ0) is 34.6. The number of anilines is 3. The highest BCUT2D eigenvalue weighted by Gasteiger charge is 2.37. The molecular formula is C31H31N5O10S2. The number of sulfonamides is 2. The van der Waals surface area contributed by atoms with Gasteiger partial charge in [-0.1, -0.05) is 18.2 Å². The largest absolute Gasteiger partial charge is 0.465 e. The van der Waals surface area contributed by atoms with E-state index in [1.54, 1.807) is 6.92 Å². The molecule has 2 amide bonds. The number of carbonyl (C=O) groups is 5. The van der Waals surface area contributed by atoms with Crippen molar-refractivity contribution < 1.29 is 45.5 Å². The number of carbonyl (C=O) groups excluding carboxylic acids is 5. The molecule has 48 heavy (non-hydrogen) atoms. The molecule has 0 aromatic heterocycles. The summed E-state index contributed by atoms with van der Waals surface area (Å²) in [5.74, 6) is -3.75. The van der Waals surface area contributed by atoms with E-state index in [2.05, 4.69) is 25.4 Å². The van der Waals surface area contributed by atoms with Crippen LogP contribution in [0.15, 0.2) is 76.5 Å². The van der Waals surface area contributed by atoms with E-state index in [0.717, 1.165) is 24.6 Å². The van der Waals surface area contributed by atoms with Crippen LogP contribution in [0.5, 0.6) is 0 Å². The van der Waals surface area contributed by atoms with Gasteiger partial charge >= 0.3 is 5.97 Å². The number of Topliss-reactive ketones (excluding diaryl/α,β-unsaturated/α-hetero) is 2. The van der Waals surface area contributed by atoms with Crippen molar-refractivity contribution in [3.05, 3.63) is 77.9 Å². The van der Waals surface area contributed by atoms with Crippen molar-refractivity contribution in [2.24, 2.45) is 0 Å². The van der Waals surface area contributed by atoms with Crippen LogP contribution in [-0.4, -0.2) is 82.8 Å². The standard InChI is InChI=1S/C19H19N3O4S.C12H12N2O6S/c23-18-16-11-15(8-9-17(16)21-19(18)24)27(25,26)22-10-4-7-14(22)12-20-13-5-2-1-3-6-13;1-2-20-10(15)6-13-21(18,19)7-3-4-9-8(5-7)11(16)12(17)14-9/h1-3,5-6,8-9,11,14,20H,4,7,10,12H2,(H,21,23,24);3-5,13H,2,6H2,1H3,(H,14,16,17). The first-order chi connectivity index (χ1) is 22.8. The lowest BCUT2D eigenvalue weighted by Gasteiger charge is -2.25. The Morgan fingerprint density at radius 1 is 0.854 bits per heavy atom. The van der Waals surface area contributed by atoms with Crippen LogP contribution < -0.4 is 20.7 Å². The summed E-state index contributed by atoms with van der Waals surface area (Å²) in [6.07, 6.45) is 1.55. The van der Waals surface area contributed by atoms with E-state index in [1.807, 2.05) is 30.3 Å². The molecule has 1 saturated heterocycles. The number of rotatable bonds is 10. The van der Waals surface area contributed by atoms with Gasteiger partial charge in [-0.3, -0.25) is 24.0 Å². The molecule has 4 N–H and O–H groups in total. The average Bonchev–Trinajstić information content (AvgIpc) is 3.75. The molecule has 6 rings (SSSR count). The van der Waals surface area contributed by atoms with E-state index in [-0.39, 0.29) is 39.3 Å². The van der Waals surface area contributed by atoms with Crippen molar-refractivity contribution in [3.8, 4) is 0 Å². The molecule has 3 aliphatic rings. The molecule has 0 spiro atoms. The lowest BCUT2D eigenvalue weighted by molar-refractivity contribution is -0.141. The Bertz CT molecular complexity index is 2020. The molecule has 0 saturated carbocycles. The Kier molecular flexibility index (Phi) is 10.0. The summed E-state index contributed by atoms with van der Waals surface area (Å²) in [6.45, 7) is 2.17. The van der Waals surface area contributed by atoms with Gasteiger partial charge in [-0.2, -0.15) is 9.03 Å². The number of nitrogens with one attached hydrogen (secondary N) is 4. The quantitative estimate of drug-likeness (QED) is 0.177. The third kappa shape index (κ3) is 7.28. The van der Waals surface area contributed by atoms with Crippen molar-refractivity contribution >= 4 is 66.5 Å². The predicted molar refractivity (Wildman–Crippen MR) is 172 cm³/mol. The van der Waals surface area contributed by atoms with Gasteiger partial charge in [-0.05, 0) is 68.3 Å². The fourth-order valence-electron chi connectivity index (χ4n) is 5.28. The van der Waals surface area contributed by atoms with Crippen molar-refractivity contribution in [3.63, 3.8) is 0 Å². The van der Waals surface area contributed by atoms with Gasteiger partial charge in [0.1, 0.15) is 6.54 Å². The monoisotopic (exact) mass is 697 g/mol. The highest BCUT2D eigenvalue weighted by Crippen LogP contribution is 2.31. The maximum atomic E-state index is 13.1. The summed E-state index contributed by atoms with van der Waals surface area (Å²) >= 11 is 0. The normalized spacial score (nSPS) is 17.1. The number of ketones is 2. The van der Waals surface area contributed by atoms with Crippen molar-refractivity contribution in [2.45, 2.75) is 35.6 Å². The van der Waals surface area contributed by atoms with Gasteiger partial charge in [-0.25, -0.2) is 16.8 Å². The lowest BCUT2D eigenvalue weighted by Crippen LogP contribution is -2.39. The number of ether oxygens (including phenoxy) is 1. The van der Waals surface area contributed by atoms with Gasteiger partial charge in [0.25, 0.3) is 23.4 Å². The zero-order valence-corrected chi connectivity index (χ0v) is 27.2. The fourth-order valence-corrected chi connectivity index (χ4v) is 7.99. The van der Waals surface area contributed by atoms with Gasteiger partial charge in [0.2, 0.25) is 20.0 Å². The second kappa shape index (κ2) is 14.0. The molecule has 252 valence electrons. The van der Waals surface area contributed by atoms with Crippen molar-refractivity contribution in [1.29, 1.82) is 0 Å². The van der Waals surface area contributed by atoms with Crippen LogP contribution in [0.2, 0.25) is 0 Å². The molecule has 17 heteroatoms. The van der Waals surface area contributed by atoms with E-state index >= 15 is 0 Å². The highest BCUT2D eigenvalue weighted by atomic mass is 32.2. The van der Waals surface area contributed by atoms with Crippen LogP contribution >= 0.6 is 0 Å². The van der Waals surface area contributed by atoms with Crippen LogP contribution in [0.3, 0.4) is 0 Å².